The zero-order chi connectivity index (χ0) is 11.4. The van der Waals surface area contributed by atoms with Gasteiger partial charge < -0.3 is 9.80 Å². The lowest BCUT2D eigenvalue weighted by Crippen LogP contribution is -2.49. The Morgan fingerprint density at radius 2 is 1.40 bits per heavy atom. The largest absolute Gasteiger partial charge is 0.339 e. The van der Waals surface area contributed by atoms with Crippen molar-refractivity contribution in [3.63, 3.8) is 0 Å². The minimum Gasteiger partial charge on any atom is -0.339 e. The molecule has 15 heavy (non-hydrogen) atoms. The first kappa shape index (κ1) is 11.8. The minimum absolute atomic E-state index is 0.0539. The summed E-state index contributed by atoms with van der Waals surface area (Å²) in [7, 11) is 0. The van der Waals surface area contributed by atoms with Crippen LogP contribution in [0.15, 0.2) is 11.6 Å². The molecule has 0 aliphatic carbocycles. The Hall–Kier alpha value is -1.32. The molecule has 4 heteroatoms. The summed E-state index contributed by atoms with van der Waals surface area (Å²) in [4.78, 5) is 26.2. The third-order valence-electron chi connectivity index (χ3n) is 2.45. The fourth-order valence-corrected chi connectivity index (χ4v) is 1.58. The summed E-state index contributed by atoms with van der Waals surface area (Å²) >= 11 is 0. The molecule has 0 radical (unpaired) electrons. The molecule has 0 saturated carbocycles. The van der Waals surface area contributed by atoms with Gasteiger partial charge in [-0.3, -0.25) is 9.59 Å². The van der Waals surface area contributed by atoms with E-state index >= 15 is 0 Å². The Morgan fingerprint density at radius 1 is 0.933 bits per heavy atom. The van der Waals surface area contributed by atoms with Gasteiger partial charge in [-0.15, -0.1) is 0 Å². The summed E-state index contributed by atoms with van der Waals surface area (Å²) < 4.78 is 0. The van der Waals surface area contributed by atoms with Gasteiger partial charge in [0.25, 0.3) is 0 Å². The van der Waals surface area contributed by atoms with E-state index in [1.165, 1.54) is 0 Å². The summed E-state index contributed by atoms with van der Waals surface area (Å²) in [5.41, 5.74) is 1.01. The molecule has 1 heterocycles. The first-order valence-electron chi connectivity index (χ1n) is 5.20. The second-order valence-corrected chi connectivity index (χ2v) is 4.05. The van der Waals surface area contributed by atoms with Crippen molar-refractivity contribution in [2.75, 3.05) is 26.2 Å². The van der Waals surface area contributed by atoms with E-state index in [0.717, 1.165) is 5.57 Å². The summed E-state index contributed by atoms with van der Waals surface area (Å²) in [6.45, 7) is 7.96. The summed E-state index contributed by atoms with van der Waals surface area (Å²) in [6, 6.07) is 0. The van der Waals surface area contributed by atoms with E-state index in [0.29, 0.717) is 26.2 Å². The maximum absolute atomic E-state index is 11.6. The van der Waals surface area contributed by atoms with Crippen molar-refractivity contribution in [2.24, 2.45) is 0 Å². The van der Waals surface area contributed by atoms with Gasteiger partial charge in [-0.2, -0.15) is 0 Å². The fraction of sp³-hybridized carbons (Fsp3) is 0.636. The van der Waals surface area contributed by atoms with Crippen LogP contribution in [-0.2, 0) is 9.59 Å². The van der Waals surface area contributed by atoms with Gasteiger partial charge in [0.1, 0.15) is 0 Å². The Balaban J connectivity index is 2.47. The van der Waals surface area contributed by atoms with E-state index in [9.17, 15) is 9.59 Å². The molecule has 1 saturated heterocycles. The summed E-state index contributed by atoms with van der Waals surface area (Å²) in [5.74, 6) is 0.141. The topological polar surface area (TPSA) is 40.6 Å². The molecule has 1 aliphatic rings. The van der Waals surface area contributed by atoms with Crippen LogP contribution in [0.25, 0.3) is 0 Å². The highest BCUT2D eigenvalue weighted by Crippen LogP contribution is 2.04. The predicted octanol–water partition coefficient (Wildman–Crippen LogP) is 0.643. The molecule has 0 aromatic carbocycles. The van der Waals surface area contributed by atoms with E-state index in [1.807, 2.05) is 13.8 Å². The summed E-state index contributed by atoms with van der Waals surface area (Å²) in [6.07, 6.45) is 1.64. The molecule has 1 aliphatic heterocycles. The second kappa shape index (κ2) is 4.96. The molecule has 0 spiro atoms. The number of amides is 2. The number of allylic oxidation sites excluding steroid dienone is 1. The molecular weight excluding hydrogens is 192 g/mol. The molecule has 0 aromatic heterocycles. The molecule has 1 fully saturated rings. The Bertz CT molecular complexity index is 285. The lowest BCUT2D eigenvalue weighted by atomic mass is 10.2. The average Bonchev–Trinajstić information content (AvgIpc) is 2.17. The van der Waals surface area contributed by atoms with Crippen LogP contribution < -0.4 is 0 Å². The first-order valence-corrected chi connectivity index (χ1v) is 5.20. The van der Waals surface area contributed by atoms with Gasteiger partial charge >= 0.3 is 0 Å². The molecule has 0 unspecified atom stereocenters. The van der Waals surface area contributed by atoms with Gasteiger partial charge in [0, 0.05) is 39.2 Å². The van der Waals surface area contributed by atoms with Crippen molar-refractivity contribution in [1.29, 1.82) is 0 Å². The molecule has 0 aromatic rings. The quantitative estimate of drug-likeness (QED) is 0.596. The Labute approximate surface area is 90.5 Å². The maximum Gasteiger partial charge on any atom is 0.246 e. The van der Waals surface area contributed by atoms with E-state index in [2.05, 4.69) is 0 Å². The number of nitrogens with zero attached hydrogens (tertiary/aromatic N) is 2. The lowest BCUT2D eigenvalue weighted by molar-refractivity contribution is -0.135. The van der Waals surface area contributed by atoms with Gasteiger partial charge in [-0.25, -0.2) is 0 Å². The fourth-order valence-electron chi connectivity index (χ4n) is 1.58. The highest BCUT2D eigenvalue weighted by atomic mass is 16.2. The molecule has 1 rings (SSSR count). The number of rotatable bonds is 1. The van der Waals surface area contributed by atoms with Crippen LogP contribution in [-0.4, -0.2) is 47.8 Å². The van der Waals surface area contributed by atoms with Gasteiger partial charge in [0.05, 0.1) is 0 Å². The van der Waals surface area contributed by atoms with Gasteiger partial charge in [-0.05, 0) is 13.8 Å². The van der Waals surface area contributed by atoms with Crippen molar-refractivity contribution in [2.45, 2.75) is 20.8 Å². The number of carbonyl (C=O) groups excluding carboxylic acids is 2. The lowest BCUT2D eigenvalue weighted by Gasteiger charge is -2.33. The zero-order valence-corrected chi connectivity index (χ0v) is 9.62. The molecule has 4 nitrogen and oxygen atoms in total. The standard InChI is InChI=1S/C11H18N2O2/c1-9(2)8-11(15)13-6-4-12(5-7-13)10(3)14/h8H,4-7H2,1-3H3. The van der Waals surface area contributed by atoms with Crippen molar-refractivity contribution < 1.29 is 9.59 Å². The highest BCUT2D eigenvalue weighted by Gasteiger charge is 2.20. The summed E-state index contributed by atoms with van der Waals surface area (Å²) in [5, 5.41) is 0. The molecule has 2 amide bonds. The van der Waals surface area contributed by atoms with Crippen LogP contribution in [0.3, 0.4) is 0 Å². The van der Waals surface area contributed by atoms with Crippen LogP contribution in [0.2, 0.25) is 0 Å². The van der Waals surface area contributed by atoms with E-state index in [1.54, 1.807) is 22.8 Å². The smallest absolute Gasteiger partial charge is 0.246 e. The van der Waals surface area contributed by atoms with Crippen molar-refractivity contribution >= 4 is 11.8 Å². The number of hydrogen-bond acceptors (Lipinski definition) is 2. The van der Waals surface area contributed by atoms with Crippen LogP contribution in [0.1, 0.15) is 20.8 Å². The molecule has 0 N–H and O–H groups in total. The molecule has 84 valence electrons. The maximum atomic E-state index is 11.6. The van der Waals surface area contributed by atoms with Gasteiger partial charge in [0.15, 0.2) is 0 Å². The first-order chi connectivity index (χ1) is 7.00. The van der Waals surface area contributed by atoms with Crippen LogP contribution >= 0.6 is 0 Å². The third-order valence-corrected chi connectivity index (χ3v) is 2.45. The van der Waals surface area contributed by atoms with Crippen molar-refractivity contribution in [3.05, 3.63) is 11.6 Å². The van der Waals surface area contributed by atoms with Crippen LogP contribution in [0, 0.1) is 0 Å². The number of carbonyl (C=O) groups is 2. The second-order valence-electron chi connectivity index (χ2n) is 4.05. The Kier molecular flexibility index (Phi) is 3.88. The van der Waals surface area contributed by atoms with E-state index in [-0.39, 0.29) is 11.8 Å². The number of hydrogen-bond donors (Lipinski definition) is 0. The predicted molar refractivity (Wildman–Crippen MR) is 58.3 cm³/mol. The Morgan fingerprint density at radius 3 is 1.80 bits per heavy atom. The highest BCUT2D eigenvalue weighted by molar-refractivity contribution is 5.88. The monoisotopic (exact) mass is 210 g/mol. The minimum atomic E-state index is 0.0539. The van der Waals surface area contributed by atoms with E-state index < -0.39 is 0 Å². The third kappa shape index (κ3) is 3.38. The van der Waals surface area contributed by atoms with Crippen LogP contribution in [0.4, 0.5) is 0 Å². The molecular formula is C11H18N2O2. The van der Waals surface area contributed by atoms with Crippen LogP contribution in [0.5, 0.6) is 0 Å². The number of piperazine rings is 1. The molecule has 0 atom stereocenters. The van der Waals surface area contributed by atoms with Crippen molar-refractivity contribution in [1.82, 2.24) is 9.80 Å². The normalized spacial score (nSPS) is 16.2. The average molecular weight is 210 g/mol. The van der Waals surface area contributed by atoms with E-state index in [4.69, 9.17) is 0 Å². The van der Waals surface area contributed by atoms with Crippen molar-refractivity contribution in [3.8, 4) is 0 Å². The SMILES string of the molecule is CC(=O)N1CCN(C(=O)C=C(C)C)CC1. The molecule has 0 bridgehead atoms. The van der Waals surface area contributed by atoms with Gasteiger partial charge in [0.2, 0.25) is 11.8 Å². The van der Waals surface area contributed by atoms with Gasteiger partial charge in [-0.1, -0.05) is 5.57 Å². The zero-order valence-electron chi connectivity index (χ0n) is 9.62.